The maximum Gasteiger partial charge on any atom is 0.410 e. The van der Waals surface area contributed by atoms with Crippen molar-refractivity contribution >= 4 is 28.5 Å². The molecule has 0 bridgehead atoms. The lowest BCUT2D eigenvalue weighted by atomic mass is 9.95. The van der Waals surface area contributed by atoms with Gasteiger partial charge in [0, 0.05) is 24.0 Å². The minimum absolute atomic E-state index is 0.0274. The van der Waals surface area contributed by atoms with Crippen LogP contribution in [0.15, 0.2) is 42.6 Å². The fourth-order valence-corrected chi connectivity index (χ4v) is 4.27. The van der Waals surface area contributed by atoms with Crippen LogP contribution in [0, 0.1) is 5.82 Å². The minimum Gasteiger partial charge on any atom is -0.444 e. The van der Waals surface area contributed by atoms with Gasteiger partial charge in [-0.25, -0.2) is 18.0 Å². The molecule has 3 aromatic rings. The molecule has 1 aromatic heterocycles. The highest BCUT2D eigenvalue weighted by molar-refractivity contribution is 6.06. The van der Waals surface area contributed by atoms with Crippen LogP contribution in [-0.2, 0) is 4.74 Å². The van der Waals surface area contributed by atoms with Crippen LogP contribution in [0.2, 0.25) is 0 Å². The normalized spacial score (nSPS) is 15.0. The van der Waals surface area contributed by atoms with Gasteiger partial charge in [-0.15, -0.1) is 0 Å². The number of ether oxygens (including phenoxy) is 1. The van der Waals surface area contributed by atoms with Crippen molar-refractivity contribution in [1.29, 1.82) is 0 Å². The van der Waals surface area contributed by atoms with E-state index in [-0.39, 0.29) is 17.2 Å². The number of alkyl halides is 2. The van der Waals surface area contributed by atoms with Crippen molar-refractivity contribution in [1.82, 2.24) is 20.4 Å². The van der Waals surface area contributed by atoms with Crippen molar-refractivity contribution in [3.63, 3.8) is 0 Å². The van der Waals surface area contributed by atoms with Crippen LogP contribution in [0.5, 0.6) is 0 Å². The van der Waals surface area contributed by atoms with Gasteiger partial charge in [0.05, 0.1) is 28.9 Å². The van der Waals surface area contributed by atoms with Crippen molar-refractivity contribution < 1.29 is 27.5 Å². The van der Waals surface area contributed by atoms with Crippen molar-refractivity contribution in [2.45, 2.75) is 52.2 Å². The Morgan fingerprint density at radius 2 is 1.92 bits per heavy atom. The molecule has 1 aliphatic heterocycles. The number of rotatable bonds is 5. The average Bonchev–Trinajstić information content (AvgIpc) is 3.31. The number of nitrogens with one attached hydrogen (secondary N) is 2. The van der Waals surface area contributed by atoms with E-state index in [4.69, 9.17) is 4.74 Å². The number of nitrogens with zero attached hydrogens (tertiary/aromatic N) is 2. The molecule has 10 heteroatoms. The van der Waals surface area contributed by atoms with Crippen LogP contribution >= 0.6 is 0 Å². The van der Waals surface area contributed by atoms with Crippen LogP contribution in [0.1, 0.15) is 73.6 Å². The number of carbonyl (C=O) groups excluding carboxylic acids is 2. The topological polar surface area (TPSA) is 87.3 Å². The van der Waals surface area contributed by atoms with Crippen LogP contribution in [0.4, 0.5) is 18.0 Å². The molecule has 1 atom stereocenters. The predicted molar refractivity (Wildman–Crippen MR) is 134 cm³/mol. The predicted octanol–water partition coefficient (Wildman–Crippen LogP) is 6.15. The summed E-state index contributed by atoms with van der Waals surface area (Å²) in [7, 11) is 0. The van der Waals surface area contributed by atoms with E-state index in [9.17, 15) is 22.8 Å². The zero-order valence-electron chi connectivity index (χ0n) is 21.1. The van der Waals surface area contributed by atoms with Crippen LogP contribution in [0.25, 0.3) is 16.5 Å². The average molecular weight is 515 g/mol. The molecule has 0 saturated heterocycles. The van der Waals surface area contributed by atoms with E-state index < -0.39 is 35.4 Å². The SMILES string of the molecule is C[C@@H](NC(=O)c1cc(C2=CCN(C(=O)OC(C)(C)C)CC2)cc2cn[nH]c12)c1cccc(C(F)F)c1F. The third-order valence-electron chi connectivity index (χ3n) is 6.13. The van der Waals surface area contributed by atoms with Crippen LogP contribution < -0.4 is 5.32 Å². The number of aromatic amines is 1. The number of aromatic nitrogens is 2. The molecule has 0 unspecified atom stereocenters. The smallest absolute Gasteiger partial charge is 0.410 e. The molecule has 4 rings (SSSR count). The molecule has 2 heterocycles. The zero-order valence-corrected chi connectivity index (χ0v) is 21.1. The summed E-state index contributed by atoms with van der Waals surface area (Å²) in [5.41, 5.74) is 1.22. The minimum atomic E-state index is -2.96. The van der Waals surface area contributed by atoms with Gasteiger partial charge >= 0.3 is 6.09 Å². The number of fused-ring (bicyclic) bond motifs is 1. The first-order valence-corrected chi connectivity index (χ1v) is 12.0. The second-order valence-corrected chi connectivity index (χ2v) is 10.0. The van der Waals surface area contributed by atoms with Gasteiger partial charge in [0.2, 0.25) is 0 Å². The number of halogens is 3. The summed E-state index contributed by atoms with van der Waals surface area (Å²) < 4.78 is 46.3. The Balaban J connectivity index is 1.57. The Morgan fingerprint density at radius 1 is 1.19 bits per heavy atom. The number of H-pyrrole nitrogens is 1. The Labute approximate surface area is 212 Å². The molecule has 0 fully saturated rings. The van der Waals surface area contributed by atoms with Gasteiger partial charge in [-0.1, -0.05) is 24.3 Å². The quantitative estimate of drug-likeness (QED) is 0.427. The highest BCUT2D eigenvalue weighted by Gasteiger charge is 2.25. The molecule has 0 radical (unpaired) electrons. The van der Waals surface area contributed by atoms with Gasteiger partial charge in [-0.05, 0) is 57.4 Å². The number of hydrogen-bond donors (Lipinski definition) is 2. The molecule has 2 N–H and O–H groups in total. The monoisotopic (exact) mass is 514 g/mol. The summed E-state index contributed by atoms with van der Waals surface area (Å²) in [5.74, 6) is -1.54. The summed E-state index contributed by atoms with van der Waals surface area (Å²) in [6.45, 7) is 7.80. The van der Waals surface area contributed by atoms with Gasteiger partial charge in [-0.2, -0.15) is 5.10 Å². The molecule has 37 heavy (non-hydrogen) atoms. The lowest BCUT2D eigenvalue weighted by Crippen LogP contribution is -2.39. The number of carbonyl (C=O) groups is 2. The summed E-state index contributed by atoms with van der Waals surface area (Å²) in [5, 5.41) is 10.3. The maximum absolute atomic E-state index is 14.6. The molecular formula is C27H29F3N4O3. The number of amides is 2. The Morgan fingerprint density at radius 3 is 2.57 bits per heavy atom. The first kappa shape index (κ1) is 26.2. The largest absolute Gasteiger partial charge is 0.444 e. The van der Waals surface area contributed by atoms with Gasteiger partial charge in [0.1, 0.15) is 11.4 Å². The van der Waals surface area contributed by atoms with Gasteiger partial charge < -0.3 is 15.0 Å². The highest BCUT2D eigenvalue weighted by atomic mass is 19.3. The van der Waals surface area contributed by atoms with E-state index in [0.717, 1.165) is 17.2 Å². The van der Waals surface area contributed by atoms with E-state index in [1.54, 1.807) is 17.2 Å². The molecule has 2 amide bonds. The summed E-state index contributed by atoms with van der Waals surface area (Å²) >= 11 is 0. The van der Waals surface area contributed by atoms with E-state index in [1.807, 2.05) is 32.9 Å². The van der Waals surface area contributed by atoms with E-state index in [0.29, 0.717) is 30.4 Å². The molecule has 0 spiro atoms. The van der Waals surface area contributed by atoms with Crippen LogP contribution in [-0.4, -0.2) is 45.8 Å². The van der Waals surface area contributed by atoms with Gasteiger partial charge in [0.25, 0.3) is 12.3 Å². The van der Waals surface area contributed by atoms with E-state index in [2.05, 4.69) is 15.5 Å². The zero-order chi connectivity index (χ0) is 26.9. The van der Waals surface area contributed by atoms with Crippen molar-refractivity contribution in [3.8, 4) is 0 Å². The number of hydrogen-bond acceptors (Lipinski definition) is 4. The fourth-order valence-electron chi connectivity index (χ4n) is 4.27. The van der Waals surface area contributed by atoms with E-state index >= 15 is 0 Å². The summed E-state index contributed by atoms with van der Waals surface area (Å²) in [4.78, 5) is 27.3. The fraction of sp³-hybridized carbons (Fsp3) is 0.370. The van der Waals surface area contributed by atoms with Crippen molar-refractivity contribution in [2.24, 2.45) is 0 Å². The standard InChI is InChI=1S/C27H29F3N4O3/c1-15(19-6-5-7-20(22(19)28)24(29)30)32-25(35)21-13-17(12-18-14-31-33-23(18)21)16-8-10-34(11-9-16)26(36)37-27(2,3)4/h5-8,12-15,24H,9-11H2,1-4H3,(H,31,33)(H,32,35)/t15-/m1/s1. The molecular weight excluding hydrogens is 485 g/mol. The third-order valence-corrected chi connectivity index (χ3v) is 6.13. The third kappa shape index (κ3) is 5.79. The lowest BCUT2D eigenvalue weighted by molar-refractivity contribution is 0.0270. The Kier molecular flexibility index (Phi) is 7.29. The number of benzene rings is 2. The second kappa shape index (κ2) is 10.3. The van der Waals surface area contributed by atoms with Gasteiger partial charge in [-0.3, -0.25) is 9.89 Å². The first-order chi connectivity index (χ1) is 17.4. The molecule has 0 aliphatic carbocycles. The lowest BCUT2D eigenvalue weighted by Gasteiger charge is -2.29. The summed E-state index contributed by atoms with van der Waals surface area (Å²) in [6.07, 6.45) is 0.737. The maximum atomic E-state index is 14.6. The Bertz CT molecular complexity index is 1360. The molecule has 196 valence electrons. The molecule has 2 aromatic carbocycles. The first-order valence-electron chi connectivity index (χ1n) is 12.0. The second-order valence-electron chi connectivity index (χ2n) is 10.0. The van der Waals surface area contributed by atoms with Crippen molar-refractivity contribution in [2.75, 3.05) is 13.1 Å². The van der Waals surface area contributed by atoms with Crippen molar-refractivity contribution in [3.05, 3.63) is 70.7 Å². The molecule has 0 saturated carbocycles. The Hall–Kier alpha value is -3.82. The van der Waals surface area contributed by atoms with E-state index in [1.165, 1.54) is 19.1 Å². The van der Waals surface area contributed by atoms with Crippen LogP contribution in [0.3, 0.4) is 0 Å². The summed E-state index contributed by atoms with van der Waals surface area (Å²) in [6, 6.07) is 6.49. The molecule has 1 aliphatic rings. The molecule has 7 nitrogen and oxygen atoms in total. The van der Waals surface area contributed by atoms with Gasteiger partial charge in [0.15, 0.2) is 0 Å². The highest BCUT2D eigenvalue weighted by Crippen LogP contribution is 2.30.